The first kappa shape index (κ1) is 17.0. The van der Waals surface area contributed by atoms with E-state index >= 15 is 0 Å². The quantitative estimate of drug-likeness (QED) is 0.654. The highest BCUT2D eigenvalue weighted by Crippen LogP contribution is 2.15. The maximum Gasteiger partial charge on any atom is 0.191 e. The number of nitriles is 1. The van der Waals surface area contributed by atoms with Crippen LogP contribution in [0.4, 0.5) is 0 Å². The minimum absolute atomic E-state index is 0.566. The molecule has 0 aliphatic heterocycles. The standard InChI is InChI=1S/C17H21N5S/c1-4-19-17(21-11-16-22-12(2)13(3)23-16)20-10-15-7-5-14(9-18)6-8-15/h5-8H,4,10-11H2,1-3H3,(H2,19,20,21). The van der Waals surface area contributed by atoms with Crippen molar-refractivity contribution in [1.82, 2.24) is 15.6 Å². The third kappa shape index (κ3) is 5.08. The van der Waals surface area contributed by atoms with Crippen LogP contribution < -0.4 is 10.6 Å². The van der Waals surface area contributed by atoms with E-state index in [4.69, 9.17) is 5.26 Å². The summed E-state index contributed by atoms with van der Waals surface area (Å²) in [7, 11) is 0. The van der Waals surface area contributed by atoms with Crippen LogP contribution in [-0.2, 0) is 13.1 Å². The van der Waals surface area contributed by atoms with Gasteiger partial charge in [0.2, 0.25) is 0 Å². The van der Waals surface area contributed by atoms with Crippen LogP contribution in [0.25, 0.3) is 0 Å². The predicted molar refractivity (Wildman–Crippen MR) is 94.4 cm³/mol. The second-order valence-electron chi connectivity index (χ2n) is 5.11. The summed E-state index contributed by atoms with van der Waals surface area (Å²) in [6.45, 7) is 8.18. The fourth-order valence-corrected chi connectivity index (χ4v) is 2.84. The molecule has 0 spiro atoms. The van der Waals surface area contributed by atoms with Gasteiger partial charge in [-0.15, -0.1) is 11.3 Å². The monoisotopic (exact) mass is 327 g/mol. The lowest BCUT2D eigenvalue weighted by molar-refractivity contribution is 0.809. The summed E-state index contributed by atoms with van der Waals surface area (Å²) >= 11 is 1.71. The van der Waals surface area contributed by atoms with Crippen molar-refractivity contribution in [2.75, 3.05) is 6.54 Å². The lowest BCUT2D eigenvalue weighted by Crippen LogP contribution is -2.36. The third-order valence-corrected chi connectivity index (χ3v) is 4.40. The molecule has 2 N–H and O–H groups in total. The number of benzene rings is 1. The van der Waals surface area contributed by atoms with Crippen molar-refractivity contribution < 1.29 is 0 Å². The molecule has 0 amide bonds. The summed E-state index contributed by atoms with van der Waals surface area (Å²) in [4.78, 5) is 10.3. The Morgan fingerprint density at radius 2 is 2.00 bits per heavy atom. The number of aryl methyl sites for hydroxylation is 2. The molecule has 0 aliphatic carbocycles. The van der Waals surface area contributed by atoms with Gasteiger partial charge in [0, 0.05) is 11.4 Å². The molecular formula is C17H21N5S. The van der Waals surface area contributed by atoms with Gasteiger partial charge in [0.25, 0.3) is 0 Å². The smallest absolute Gasteiger partial charge is 0.191 e. The zero-order valence-corrected chi connectivity index (χ0v) is 14.5. The van der Waals surface area contributed by atoms with Crippen molar-refractivity contribution in [3.05, 3.63) is 51.0 Å². The second-order valence-corrected chi connectivity index (χ2v) is 6.39. The van der Waals surface area contributed by atoms with Crippen molar-refractivity contribution in [2.45, 2.75) is 33.9 Å². The Hall–Kier alpha value is -2.39. The molecule has 1 aromatic carbocycles. The Morgan fingerprint density at radius 3 is 2.57 bits per heavy atom. The van der Waals surface area contributed by atoms with Crippen LogP contribution in [0.2, 0.25) is 0 Å². The number of nitrogens with one attached hydrogen (secondary N) is 2. The van der Waals surface area contributed by atoms with Gasteiger partial charge in [-0.1, -0.05) is 12.1 Å². The number of aliphatic imine (C=N–C) groups is 1. The minimum atomic E-state index is 0.566. The molecule has 2 aromatic rings. The van der Waals surface area contributed by atoms with Crippen molar-refractivity contribution in [3.8, 4) is 6.07 Å². The SMILES string of the molecule is CCNC(=NCc1ccc(C#N)cc1)NCc1nc(C)c(C)s1. The first-order chi connectivity index (χ1) is 11.1. The number of hydrogen-bond acceptors (Lipinski definition) is 4. The van der Waals surface area contributed by atoms with Crippen molar-refractivity contribution in [1.29, 1.82) is 5.26 Å². The van der Waals surface area contributed by atoms with E-state index in [0.29, 0.717) is 18.7 Å². The highest BCUT2D eigenvalue weighted by molar-refractivity contribution is 7.11. The van der Waals surface area contributed by atoms with E-state index in [0.717, 1.165) is 28.8 Å². The van der Waals surface area contributed by atoms with Gasteiger partial charge in [-0.3, -0.25) is 0 Å². The fraction of sp³-hybridized carbons (Fsp3) is 0.353. The van der Waals surface area contributed by atoms with E-state index in [1.807, 2.05) is 38.1 Å². The minimum Gasteiger partial charge on any atom is -0.357 e. The normalized spacial score (nSPS) is 11.1. The molecule has 120 valence electrons. The summed E-state index contributed by atoms with van der Waals surface area (Å²) in [5.74, 6) is 0.766. The van der Waals surface area contributed by atoms with Crippen LogP contribution in [0.1, 0.15) is 33.6 Å². The first-order valence-corrected chi connectivity index (χ1v) is 8.38. The number of aromatic nitrogens is 1. The molecule has 0 saturated carbocycles. The molecule has 5 nitrogen and oxygen atoms in total. The van der Waals surface area contributed by atoms with E-state index in [2.05, 4.69) is 33.6 Å². The maximum absolute atomic E-state index is 8.81. The number of guanidine groups is 1. The molecule has 0 fully saturated rings. The molecule has 0 aliphatic rings. The molecule has 0 saturated heterocycles. The Bertz CT molecular complexity index is 690. The van der Waals surface area contributed by atoms with Gasteiger partial charge in [-0.05, 0) is 38.5 Å². The van der Waals surface area contributed by atoms with Crippen LogP contribution in [-0.4, -0.2) is 17.5 Å². The van der Waals surface area contributed by atoms with Crippen molar-refractivity contribution in [2.24, 2.45) is 4.99 Å². The maximum atomic E-state index is 8.81. The number of thiazole rings is 1. The lowest BCUT2D eigenvalue weighted by atomic mass is 10.1. The van der Waals surface area contributed by atoms with E-state index in [1.54, 1.807) is 11.3 Å². The molecule has 1 heterocycles. The summed E-state index contributed by atoms with van der Waals surface area (Å²) in [6.07, 6.45) is 0. The van der Waals surface area contributed by atoms with Gasteiger partial charge in [0.05, 0.1) is 30.4 Å². The van der Waals surface area contributed by atoms with Gasteiger partial charge in [0.15, 0.2) is 5.96 Å². The fourth-order valence-electron chi connectivity index (χ4n) is 1.97. The summed E-state index contributed by atoms with van der Waals surface area (Å²) < 4.78 is 0. The third-order valence-electron chi connectivity index (χ3n) is 3.33. The van der Waals surface area contributed by atoms with E-state index < -0.39 is 0 Å². The van der Waals surface area contributed by atoms with Crippen LogP contribution in [0.15, 0.2) is 29.3 Å². The Morgan fingerprint density at radius 1 is 1.26 bits per heavy atom. The van der Waals surface area contributed by atoms with Gasteiger partial charge < -0.3 is 10.6 Å². The Balaban J connectivity index is 1.97. The van der Waals surface area contributed by atoms with Crippen molar-refractivity contribution in [3.63, 3.8) is 0 Å². The predicted octanol–water partition coefficient (Wildman–Crippen LogP) is 2.89. The molecule has 0 bridgehead atoms. The highest BCUT2D eigenvalue weighted by Gasteiger charge is 2.04. The zero-order chi connectivity index (χ0) is 16.7. The van der Waals surface area contributed by atoms with Crippen LogP contribution >= 0.6 is 11.3 Å². The topological polar surface area (TPSA) is 73.1 Å². The molecule has 6 heteroatoms. The molecular weight excluding hydrogens is 306 g/mol. The molecule has 1 aromatic heterocycles. The van der Waals surface area contributed by atoms with E-state index in [9.17, 15) is 0 Å². The van der Waals surface area contributed by atoms with Gasteiger partial charge in [-0.25, -0.2) is 9.98 Å². The number of rotatable bonds is 5. The van der Waals surface area contributed by atoms with E-state index in [1.165, 1.54) is 4.88 Å². The average Bonchev–Trinajstić information content (AvgIpc) is 2.89. The molecule has 23 heavy (non-hydrogen) atoms. The number of hydrogen-bond donors (Lipinski definition) is 2. The summed E-state index contributed by atoms with van der Waals surface area (Å²) in [5, 5.41) is 16.4. The summed E-state index contributed by atoms with van der Waals surface area (Å²) in [6, 6.07) is 9.60. The van der Waals surface area contributed by atoms with E-state index in [-0.39, 0.29) is 0 Å². The van der Waals surface area contributed by atoms with Gasteiger partial charge >= 0.3 is 0 Å². The van der Waals surface area contributed by atoms with Crippen molar-refractivity contribution >= 4 is 17.3 Å². The first-order valence-electron chi connectivity index (χ1n) is 7.56. The van der Waals surface area contributed by atoms with Crippen LogP contribution in [0.3, 0.4) is 0 Å². The largest absolute Gasteiger partial charge is 0.357 e. The second kappa shape index (κ2) is 8.30. The average molecular weight is 327 g/mol. The number of nitrogens with zero attached hydrogens (tertiary/aromatic N) is 3. The van der Waals surface area contributed by atoms with Crippen LogP contribution in [0, 0.1) is 25.2 Å². The molecule has 0 unspecified atom stereocenters. The van der Waals surface area contributed by atoms with Gasteiger partial charge in [-0.2, -0.15) is 5.26 Å². The molecule has 0 radical (unpaired) electrons. The molecule has 0 atom stereocenters. The summed E-state index contributed by atoms with van der Waals surface area (Å²) in [5.41, 5.74) is 2.82. The Kier molecular flexibility index (Phi) is 6.12. The molecule has 2 rings (SSSR count). The Labute approximate surface area is 141 Å². The lowest BCUT2D eigenvalue weighted by Gasteiger charge is -2.10. The van der Waals surface area contributed by atoms with Gasteiger partial charge in [0.1, 0.15) is 5.01 Å². The zero-order valence-electron chi connectivity index (χ0n) is 13.7. The van der Waals surface area contributed by atoms with Crippen LogP contribution in [0.5, 0.6) is 0 Å². The highest BCUT2D eigenvalue weighted by atomic mass is 32.1.